The molecule has 1 aliphatic rings. The first kappa shape index (κ1) is 15.4. The molecular weight excluding hydrogens is 336 g/mol. The molecule has 1 aromatic heterocycles. The zero-order chi connectivity index (χ0) is 16.4. The molecule has 0 spiro atoms. The Bertz CT molecular complexity index is 815. The van der Waals surface area contributed by atoms with Crippen molar-refractivity contribution in [2.75, 3.05) is 0 Å². The number of carbonyl (C=O) groups is 2. The molecule has 0 N–H and O–H groups in total. The van der Waals surface area contributed by atoms with Crippen LogP contribution in [0.25, 0.3) is 6.08 Å². The summed E-state index contributed by atoms with van der Waals surface area (Å²) in [5, 5.41) is 14.4. The summed E-state index contributed by atoms with van der Waals surface area (Å²) in [7, 11) is 0. The molecule has 2 heterocycles. The molecule has 0 saturated carbocycles. The van der Waals surface area contributed by atoms with Crippen molar-refractivity contribution in [1.82, 2.24) is 4.90 Å². The Morgan fingerprint density at radius 2 is 2.00 bits per heavy atom. The lowest BCUT2D eigenvalue weighted by Crippen LogP contribution is -2.27. The van der Waals surface area contributed by atoms with Crippen LogP contribution in [0.4, 0.5) is 10.5 Å². The minimum absolute atomic E-state index is 0.103. The maximum atomic E-state index is 12.4. The summed E-state index contributed by atoms with van der Waals surface area (Å²) in [4.78, 5) is 36.3. The monoisotopic (exact) mass is 346 g/mol. The quantitative estimate of drug-likeness (QED) is 0.476. The van der Waals surface area contributed by atoms with Crippen molar-refractivity contribution in [3.8, 4) is 0 Å². The Morgan fingerprint density at radius 1 is 1.22 bits per heavy atom. The fraction of sp³-hybridized carbons (Fsp3) is 0.0667. The number of nitro groups is 1. The number of nitrogens with zero attached hydrogens (tertiary/aromatic N) is 2. The number of rotatable bonds is 4. The Hall–Kier alpha value is -2.45. The number of nitro benzene ring substituents is 1. The molecule has 0 aliphatic carbocycles. The first-order valence-electron chi connectivity index (χ1n) is 6.56. The van der Waals surface area contributed by atoms with E-state index in [0.29, 0.717) is 10.5 Å². The third kappa shape index (κ3) is 3.17. The molecule has 1 saturated heterocycles. The van der Waals surface area contributed by atoms with Crippen molar-refractivity contribution in [2.45, 2.75) is 6.54 Å². The summed E-state index contributed by atoms with van der Waals surface area (Å²) in [6.07, 6.45) is 1.65. The van der Waals surface area contributed by atoms with Crippen LogP contribution in [-0.2, 0) is 11.3 Å². The molecule has 0 unspecified atom stereocenters. The summed E-state index contributed by atoms with van der Waals surface area (Å²) in [6, 6.07) is 7.94. The zero-order valence-corrected chi connectivity index (χ0v) is 13.3. The van der Waals surface area contributed by atoms with Gasteiger partial charge in [0.1, 0.15) is 0 Å². The van der Waals surface area contributed by atoms with Gasteiger partial charge in [-0.3, -0.25) is 24.6 Å². The number of thioether (sulfide) groups is 1. The highest BCUT2D eigenvalue weighted by molar-refractivity contribution is 8.18. The minimum Gasteiger partial charge on any atom is -0.268 e. The van der Waals surface area contributed by atoms with Crippen molar-refractivity contribution in [3.63, 3.8) is 0 Å². The molecular formula is C15H10N2O4S2. The highest BCUT2D eigenvalue weighted by atomic mass is 32.2. The van der Waals surface area contributed by atoms with E-state index in [1.165, 1.54) is 17.4 Å². The summed E-state index contributed by atoms with van der Waals surface area (Å²) in [5.74, 6) is -0.427. The van der Waals surface area contributed by atoms with Crippen LogP contribution in [0.5, 0.6) is 0 Å². The van der Waals surface area contributed by atoms with E-state index in [-0.39, 0.29) is 12.2 Å². The van der Waals surface area contributed by atoms with Crippen LogP contribution >= 0.6 is 23.1 Å². The van der Waals surface area contributed by atoms with E-state index in [0.717, 1.165) is 22.2 Å². The van der Waals surface area contributed by atoms with Crippen LogP contribution in [0.15, 0.2) is 46.0 Å². The molecule has 1 aliphatic heterocycles. The van der Waals surface area contributed by atoms with Crippen LogP contribution in [0, 0.1) is 10.1 Å². The van der Waals surface area contributed by atoms with Gasteiger partial charge >= 0.3 is 0 Å². The van der Waals surface area contributed by atoms with E-state index in [1.807, 2.05) is 16.8 Å². The van der Waals surface area contributed by atoms with Gasteiger partial charge in [-0.2, -0.15) is 11.3 Å². The lowest BCUT2D eigenvalue weighted by atomic mass is 10.1. The highest BCUT2D eigenvalue weighted by Gasteiger charge is 2.36. The predicted octanol–water partition coefficient (Wildman–Crippen LogP) is 3.89. The van der Waals surface area contributed by atoms with Gasteiger partial charge in [0.25, 0.3) is 16.8 Å². The zero-order valence-electron chi connectivity index (χ0n) is 11.7. The van der Waals surface area contributed by atoms with E-state index >= 15 is 0 Å². The van der Waals surface area contributed by atoms with E-state index in [1.54, 1.807) is 24.3 Å². The van der Waals surface area contributed by atoms with E-state index in [2.05, 4.69) is 0 Å². The van der Waals surface area contributed by atoms with Gasteiger partial charge in [-0.05, 0) is 40.2 Å². The highest BCUT2D eigenvalue weighted by Crippen LogP contribution is 2.34. The number of amides is 2. The Balaban J connectivity index is 1.86. The van der Waals surface area contributed by atoms with E-state index in [9.17, 15) is 19.7 Å². The van der Waals surface area contributed by atoms with Gasteiger partial charge in [0.05, 0.1) is 16.4 Å². The second kappa shape index (κ2) is 6.35. The fourth-order valence-electron chi connectivity index (χ4n) is 2.14. The molecule has 0 atom stereocenters. The van der Waals surface area contributed by atoms with Gasteiger partial charge in [-0.1, -0.05) is 18.2 Å². The largest absolute Gasteiger partial charge is 0.293 e. The molecule has 1 aromatic carbocycles. The van der Waals surface area contributed by atoms with Crippen LogP contribution in [0.1, 0.15) is 11.1 Å². The van der Waals surface area contributed by atoms with Crippen LogP contribution in [0.3, 0.4) is 0 Å². The number of hydrogen-bond acceptors (Lipinski definition) is 6. The average Bonchev–Trinajstić information content (AvgIpc) is 3.12. The Morgan fingerprint density at radius 3 is 2.70 bits per heavy atom. The summed E-state index contributed by atoms with van der Waals surface area (Å²) < 4.78 is 0. The minimum atomic E-state index is -0.518. The fourth-order valence-corrected chi connectivity index (χ4v) is 3.59. The molecule has 3 rings (SSSR count). The van der Waals surface area contributed by atoms with Gasteiger partial charge in [0.2, 0.25) is 0 Å². The van der Waals surface area contributed by atoms with Crippen LogP contribution in [-0.4, -0.2) is 21.0 Å². The summed E-state index contributed by atoms with van der Waals surface area (Å²) in [5.41, 5.74) is 1.08. The molecule has 2 amide bonds. The Kier molecular flexibility index (Phi) is 4.26. The van der Waals surface area contributed by atoms with Crippen LogP contribution in [0.2, 0.25) is 0 Å². The topological polar surface area (TPSA) is 80.5 Å². The standard InChI is InChI=1S/C15H10N2O4S2/c18-14-13(7-10-5-6-22-9-10)23-15(19)16(14)8-11-3-1-2-4-12(11)17(20)21/h1-7,9H,8H2/b13-7-. The molecule has 116 valence electrons. The van der Waals surface area contributed by atoms with Gasteiger partial charge in [0.15, 0.2) is 0 Å². The molecule has 6 nitrogen and oxygen atoms in total. The predicted molar refractivity (Wildman–Crippen MR) is 88.9 cm³/mol. The third-order valence-electron chi connectivity index (χ3n) is 3.23. The third-order valence-corrected chi connectivity index (χ3v) is 4.84. The van der Waals surface area contributed by atoms with Crippen molar-refractivity contribution in [1.29, 1.82) is 0 Å². The van der Waals surface area contributed by atoms with Crippen molar-refractivity contribution < 1.29 is 14.5 Å². The number of para-hydroxylation sites is 1. The van der Waals surface area contributed by atoms with Crippen molar-refractivity contribution in [2.24, 2.45) is 0 Å². The number of thiophene rings is 1. The maximum absolute atomic E-state index is 12.4. The molecule has 0 radical (unpaired) electrons. The molecule has 0 bridgehead atoms. The number of hydrogen-bond donors (Lipinski definition) is 0. The normalized spacial score (nSPS) is 16.3. The SMILES string of the molecule is O=C1S/C(=C\c2ccsc2)C(=O)N1Cc1ccccc1[N+](=O)[O-]. The maximum Gasteiger partial charge on any atom is 0.293 e. The lowest BCUT2D eigenvalue weighted by molar-refractivity contribution is -0.385. The second-order valence-electron chi connectivity index (χ2n) is 4.71. The van der Waals surface area contributed by atoms with Gasteiger partial charge in [-0.25, -0.2) is 0 Å². The first-order valence-corrected chi connectivity index (χ1v) is 8.32. The number of benzene rings is 1. The van der Waals surface area contributed by atoms with Gasteiger partial charge < -0.3 is 0 Å². The van der Waals surface area contributed by atoms with Crippen LogP contribution < -0.4 is 0 Å². The molecule has 1 fully saturated rings. The number of carbonyl (C=O) groups excluding carboxylic acids is 2. The van der Waals surface area contributed by atoms with Crippen molar-refractivity contribution in [3.05, 3.63) is 67.2 Å². The van der Waals surface area contributed by atoms with Gasteiger partial charge in [-0.15, -0.1) is 0 Å². The second-order valence-corrected chi connectivity index (χ2v) is 6.48. The van der Waals surface area contributed by atoms with E-state index in [4.69, 9.17) is 0 Å². The summed E-state index contributed by atoms with van der Waals surface area (Å²) >= 11 is 2.34. The number of imide groups is 1. The molecule has 8 heteroatoms. The Labute approximate surface area is 139 Å². The lowest BCUT2D eigenvalue weighted by Gasteiger charge is -2.12. The van der Waals surface area contributed by atoms with Gasteiger partial charge in [0, 0.05) is 11.6 Å². The van der Waals surface area contributed by atoms with Crippen molar-refractivity contribution >= 4 is 46.0 Å². The smallest absolute Gasteiger partial charge is 0.268 e. The molecule has 2 aromatic rings. The van der Waals surface area contributed by atoms with E-state index < -0.39 is 16.1 Å². The molecule has 23 heavy (non-hydrogen) atoms. The first-order chi connectivity index (χ1) is 11.1. The summed E-state index contributed by atoms with van der Waals surface area (Å²) in [6.45, 7) is -0.108. The average molecular weight is 346 g/mol.